The summed E-state index contributed by atoms with van der Waals surface area (Å²) < 4.78 is 5.06. The third kappa shape index (κ3) is 2.60. The van der Waals surface area contributed by atoms with Crippen molar-refractivity contribution < 1.29 is 9.21 Å². The quantitative estimate of drug-likeness (QED) is 0.544. The highest BCUT2D eigenvalue weighted by Gasteiger charge is 2.06. The highest BCUT2D eigenvalue weighted by atomic mass is 16.4. The van der Waals surface area contributed by atoms with Gasteiger partial charge in [0.15, 0.2) is 0 Å². The first-order valence-corrected chi connectivity index (χ1v) is 5.42. The fourth-order valence-corrected chi connectivity index (χ4v) is 1.77. The molecule has 94 valence electrons. The SMILES string of the molecule is NC(=O)NCCc1cc(=O)oc2cc(N)ccc12. The third-order valence-electron chi connectivity index (χ3n) is 2.55. The van der Waals surface area contributed by atoms with E-state index >= 15 is 0 Å². The lowest BCUT2D eigenvalue weighted by Gasteiger charge is -2.06. The zero-order chi connectivity index (χ0) is 13.1. The monoisotopic (exact) mass is 247 g/mol. The second kappa shape index (κ2) is 4.79. The number of amides is 2. The van der Waals surface area contributed by atoms with Crippen LogP contribution in [0, 0.1) is 0 Å². The van der Waals surface area contributed by atoms with Gasteiger partial charge in [-0.05, 0) is 24.1 Å². The van der Waals surface area contributed by atoms with Gasteiger partial charge in [-0.3, -0.25) is 0 Å². The van der Waals surface area contributed by atoms with Crippen molar-refractivity contribution in [2.45, 2.75) is 6.42 Å². The predicted octanol–water partition coefficient (Wildman–Crippen LogP) is 0.586. The van der Waals surface area contributed by atoms with Gasteiger partial charge in [0.25, 0.3) is 0 Å². The molecule has 6 nitrogen and oxygen atoms in total. The minimum absolute atomic E-state index is 0.359. The number of nitrogens with two attached hydrogens (primary N) is 2. The van der Waals surface area contributed by atoms with Crippen molar-refractivity contribution in [2.75, 3.05) is 12.3 Å². The average molecular weight is 247 g/mol. The Kier molecular flexibility index (Phi) is 3.18. The number of nitrogens with one attached hydrogen (secondary N) is 1. The molecule has 0 aliphatic carbocycles. The van der Waals surface area contributed by atoms with Gasteiger partial charge in [0, 0.05) is 29.8 Å². The van der Waals surface area contributed by atoms with Crippen LogP contribution in [0.2, 0.25) is 0 Å². The molecule has 1 heterocycles. The van der Waals surface area contributed by atoms with Crippen molar-refractivity contribution in [3.63, 3.8) is 0 Å². The van der Waals surface area contributed by atoms with E-state index in [1.54, 1.807) is 18.2 Å². The first kappa shape index (κ1) is 12.0. The predicted molar refractivity (Wildman–Crippen MR) is 68.2 cm³/mol. The summed E-state index contributed by atoms with van der Waals surface area (Å²) in [4.78, 5) is 22.0. The molecule has 0 aliphatic heterocycles. The zero-order valence-corrected chi connectivity index (χ0v) is 9.60. The highest BCUT2D eigenvalue weighted by molar-refractivity contribution is 5.83. The number of carbonyl (C=O) groups excluding carboxylic acids is 1. The molecule has 2 aromatic rings. The Labute approximate surface area is 103 Å². The molecule has 0 atom stereocenters. The molecular formula is C12H13N3O3. The number of primary amides is 1. The van der Waals surface area contributed by atoms with Crippen molar-refractivity contribution >= 4 is 22.7 Å². The molecule has 1 aromatic heterocycles. The molecular weight excluding hydrogens is 234 g/mol. The van der Waals surface area contributed by atoms with Crippen LogP contribution in [-0.2, 0) is 6.42 Å². The Hall–Kier alpha value is -2.50. The van der Waals surface area contributed by atoms with E-state index in [1.165, 1.54) is 6.07 Å². The summed E-state index contributed by atoms with van der Waals surface area (Å²) in [6, 6.07) is 5.93. The van der Waals surface area contributed by atoms with Crippen molar-refractivity contribution in [3.8, 4) is 0 Å². The fourth-order valence-electron chi connectivity index (χ4n) is 1.77. The minimum atomic E-state index is -0.591. The number of urea groups is 1. The molecule has 0 bridgehead atoms. The first-order valence-electron chi connectivity index (χ1n) is 5.42. The second-order valence-corrected chi connectivity index (χ2v) is 3.89. The first-order chi connectivity index (χ1) is 8.56. The van der Waals surface area contributed by atoms with Gasteiger partial charge in [-0.1, -0.05) is 0 Å². The van der Waals surface area contributed by atoms with E-state index in [9.17, 15) is 9.59 Å². The van der Waals surface area contributed by atoms with Gasteiger partial charge in [-0.25, -0.2) is 9.59 Å². The molecule has 0 unspecified atom stereocenters. The van der Waals surface area contributed by atoms with E-state index < -0.39 is 11.7 Å². The third-order valence-corrected chi connectivity index (χ3v) is 2.55. The molecule has 18 heavy (non-hydrogen) atoms. The number of fused-ring (bicyclic) bond motifs is 1. The van der Waals surface area contributed by atoms with Crippen molar-refractivity contribution in [2.24, 2.45) is 5.73 Å². The van der Waals surface area contributed by atoms with E-state index in [0.29, 0.717) is 24.2 Å². The molecule has 2 rings (SSSR count). The number of hydrogen-bond acceptors (Lipinski definition) is 4. The van der Waals surface area contributed by atoms with E-state index in [1.807, 2.05) is 0 Å². The van der Waals surface area contributed by atoms with Crippen molar-refractivity contribution in [3.05, 3.63) is 40.2 Å². The Morgan fingerprint density at radius 1 is 1.33 bits per heavy atom. The Morgan fingerprint density at radius 3 is 2.83 bits per heavy atom. The summed E-state index contributed by atoms with van der Waals surface area (Å²) in [5, 5.41) is 3.27. The summed E-state index contributed by atoms with van der Waals surface area (Å²) >= 11 is 0. The van der Waals surface area contributed by atoms with Crippen LogP contribution in [0.15, 0.2) is 33.5 Å². The van der Waals surface area contributed by atoms with E-state index in [2.05, 4.69) is 5.32 Å². The van der Waals surface area contributed by atoms with Gasteiger partial charge in [-0.2, -0.15) is 0 Å². The molecule has 5 N–H and O–H groups in total. The topological polar surface area (TPSA) is 111 Å². The number of anilines is 1. The number of rotatable bonds is 3. The Balaban J connectivity index is 2.37. The van der Waals surface area contributed by atoms with Crippen molar-refractivity contribution in [1.29, 1.82) is 0 Å². The molecule has 0 aliphatic rings. The minimum Gasteiger partial charge on any atom is -0.423 e. The highest BCUT2D eigenvalue weighted by Crippen LogP contribution is 2.19. The molecule has 2 amide bonds. The standard InChI is InChI=1S/C12H13N3O3/c13-8-1-2-9-7(3-4-15-12(14)17)5-11(16)18-10(9)6-8/h1-2,5-6H,3-4,13H2,(H3,14,15,17). The van der Waals surface area contributed by atoms with Gasteiger partial charge < -0.3 is 21.2 Å². The molecule has 0 spiro atoms. The summed E-state index contributed by atoms with van der Waals surface area (Å²) in [6.45, 7) is 0.359. The van der Waals surface area contributed by atoms with Crippen LogP contribution in [0.1, 0.15) is 5.56 Å². The average Bonchev–Trinajstić information content (AvgIpc) is 2.27. The molecule has 0 radical (unpaired) electrons. The van der Waals surface area contributed by atoms with Crippen LogP contribution in [0.3, 0.4) is 0 Å². The van der Waals surface area contributed by atoms with Gasteiger partial charge in [0.1, 0.15) is 5.58 Å². The lowest BCUT2D eigenvalue weighted by molar-refractivity contribution is 0.249. The van der Waals surface area contributed by atoms with E-state index in [4.69, 9.17) is 15.9 Å². The maximum atomic E-state index is 11.4. The Bertz CT molecular complexity index is 649. The number of hydrogen-bond donors (Lipinski definition) is 3. The van der Waals surface area contributed by atoms with Crippen LogP contribution in [-0.4, -0.2) is 12.6 Å². The maximum absolute atomic E-state index is 11.4. The smallest absolute Gasteiger partial charge is 0.336 e. The summed E-state index contributed by atoms with van der Waals surface area (Å²) in [6.07, 6.45) is 0.495. The summed E-state index contributed by atoms with van der Waals surface area (Å²) in [5.74, 6) is 0. The van der Waals surface area contributed by atoms with Gasteiger partial charge >= 0.3 is 11.7 Å². The number of nitrogen functional groups attached to an aromatic ring is 1. The van der Waals surface area contributed by atoms with Crippen LogP contribution in [0.5, 0.6) is 0 Å². The molecule has 0 saturated heterocycles. The number of carbonyl (C=O) groups is 1. The van der Waals surface area contributed by atoms with Gasteiger partial charge in [0.2, 0.25) is 0 Å². The lowest BCUT2D eigenvalue weighted by Crippen LogP contribution is -2.31. The molecule has 6 heteroatoms. The molecule has 0 fully saturated rings. The normalized spacial score (nSPS) is 10.4. The Morgan fingerprint density at radius 2 is 2.11 bits per heavy atom. The zero-order valence-electron chi connectivity index (χ0n) is 9.60. The molecule has 0 saturated carbocycles. The largest absolute Gasteiger partial charge is 0.423 e. The second-order valence-electron chi connectivity index (χ2n) is 3.89. The van der Waals surface area contributed by atoms with Gasteiger partial charge in [0.05, 0.1) is 0 Å². The maximum Gasteiger partial charge on any atom is 0.336 e. The van der Waals surface area contributed by atoms with Crippen LogP contribution in [0.25, 0.3) is 11.0 Å². The number of benzene rings is 1. The summed E-state index contributed by atoms with van der Waals surface area (Å²) in [7, 11) is 0. The van der Waals surface area contributed by atoms with Crippen molar-refractivity contribution in [1.82, 2.24) is 5.32 Å². The molecule has 1 aromatic carbocycles. The fraction of sp³-hybridized carbons (Fsp3) is 0.167. The summed E-state index contributed by atoms with van der Waals surface area (Å²) in [5.41, 5.74) is 11.9. The van der Waals surface area contributed by atoms with E-state index in [0.717, 1.165) is 10.9 Å². The van der Waals surface area contributed by atoms with Crippen LogP contribution in [0.4, 0.5) is 10.5 Å². The van der Waals surface area contributed by atoms with Gasteiger partial charge in [-0.15, -0.1) is 0 Å². The van der Waals surface area contributed by atoms with E-state index in [-0.39, 0.29) is 0 Å². The lowest BCUT2D eigenvalue weighted by atomic mass is 10.1. The van der Waals surface area contributed by atoms with Crippen LogP contribution < -0.4 is 22.4 Å². The van der Waals surface area contributed by atoms with Crippen LogP contribution >= 0.6 is 0 Å².